The van der Waals surface area contributed by atoms with E-state index in [0.29, 0.717) is 38.8 Å². The zero-order chi connectivity index (χ0) is 24.7. The smallest absolute Gasteiger partial charge is 0.290 e. The Hall–Kier alpha value is -2.49. The molecule has 0 aromatic rings. The maximum Gasteiger partial charge on any atom is 0.290 e. The van der Waals surface area contributed by atoms with Crippen LogP contribution in [0.3, 0.4) is 0 Å². The van der Waals surface area contributed by atoms with Gasteiger partial charge >= 0.3 is 0 Å². The lowest BCUT2D eigenvalue weighted by Crippen LogP contribution is -2.64. The second-order valence-electron chi connectivity index (χ2n) is 10.0. The van der Waals surface area contributed by atoms with E-state index in [9.17, 15) is 24.0 Å². The number of ketones is 1. The molecule has 4 amide bonds. The Kier molecular flexibility index (Phi) is 9.04. The first-order valence-corrected chi connectivity index (χ1v) is 12.6. The molecule has 0 aromatic carbocycles. The number of hydrogen-bond acceptors (Lipinski definition) is 6. The molecular weight excluding hydrogens is 440 g/mol. The van der Waals surface area contributed by atoms with Crippen molar-refractivity contribution in [3.05, 3.63) is 0 Å². The highest BCUT2D eigenvalue weighted by atomic mass is 16.5. The SMILES string of the molecule is CC(C)C(NC(=O)C1(NC(=O)[C@@H]2CCCO2)CCCCC1)C(=O)C(=O)N[C@H]1CCCCNC1=O. The number of Topliss-reactive ketones (excluding diaryl/α,β-unsaturated/α-hetero) is 1. The third kappa shape index (κ3) is 6.34. The van der Waals surface area contributed by atoms with Crippen molar-refractivity contribution >= 4 is 29.4 Å². The molecule has 3 aliphatic rings. The van der Waals surface area contributed by atoms with Crippen molar-refractivity contribution in [1.82, 2.24) is 21.3 Å². The molecule has 3 fully saturated rings. The average Bonchev–Trinajstić information content (AvgIpc) is 3.29. The number of ether oxygens (including phenoxy) is 1. The van der Waals surface area contributed by atoms with Crippen molar-refractivity contribution in [3.63, 3.8) is 0 Å². The van der Waals surface area contributed by atoms with E-state index in [1.807, 2.05) is 0 Å². The minimum Gasteiger partial charge on any atom is -0.368 e. The number of rotatable bonds is 8. The molecule has 1 saturated carbocycles. The highest BCUT2D eigenvalue weighted by Gasteiger charge is 2.44. The van der Waals surface area contributed by atoms with Crippen LogP contribution in [0.4, 0.5) is 0 Å². The van der Waals surface area contributed by atoms with Gasteiger partial charge in [0.1, 0.15) is 17.7 Å². The van der Waals surface area contributed by atoms with Crippen LogP contribution in [-0.2, 0) is 28.7 Å². The lowest BCUT2D eigenvalue weighted by molar-refractivity contribution is -0.144. The average molecular weight is 479 g/mol. The van der Waals surface area contributed by atoms with Crippen LogP contribution in [-0.4, -0.2) is 66.3 Å². The zero-order valence-corrected chi connectivity index (χ0v) is 20.2. The van der Waals surface area contributed by atoms with E-state index >= 15 is 0 Å². The highest BCUT2D eigenvalue weighted by Crippen LogP contribution is 2.30. The number of carbonyl (C=O) groups excluding carboxylic acids is 5. The van der Waals surface area contributed by atoms with Crippen molar-refractivity contribution in [1.29, 1.82) is 0 Å². The van der Waals surface area contributed by atoms with Crippen LogP contribution in [0.1, 0.15) is 78.1 Å². The van der Waals surface area contributed by atoms with Gasteiger partial charge in [-0.25, -0.2) is 0 Å². The van der Waals surface area contributed by atoms with Crippen molar-refractivity contribution in [2.45, 2.75) is 102 Å². The Morgan fingerprint density at radius 2 is 1.74 bits per heavy atom. The second kappa shape index (κ2) is 11.8. The van der Waals surface area contributed by atoms with E-state index < -0.39 is 41.3 Å². The van der Waals surface area contributed by atoms with E-state index in [4.69, 9.17) is 4.74 Å². The molecule has 2 heterocycles. The number of hydrogen-bond donors (Lipinski definition) is 4. The fourth-order valence-corrected chi connectivity index (χ4v) is 4.93. The third-order valence-electron chi connectivity index (χ3n) is 7.03. The molecule has 10 nitrogen and oxygen atoms in total. The minimum atomic E-state index is -1.13. The molecule has 1 aliphatic carbocycles. The summed E-state index contributed by atoms with van der Waals surface area (Å²) < 4.78 is 5.48. The molecule has 34 heavy (non-hydrogen) atoms. The van der Waals surface area contributed by atoms with E-state index in [2.05, 4.69) is 21.3 Å². The number of nitrogens with one attached hydrogen (secondary N) is 4. The molecule has 0 spiro atoms. The molecule has 3 rings (SSSR count). The van der Waals surface area contributed by atoms with Crippen molar-refractivity contribution in [2.24, 2.45) is 5.92 Å². The van der Waals surface area contributed by atoms with Gasteiger partial charge in [-0.1, -0.05) is 33.1 Å². The summed E-state index contributed by atoms with van der Waals surface area (Å²) in [5, 5.41) is 10.9. The quantitative estimate of drug-likeness (QED) is 0.374. The van der Waals surface area contributed by atoms with Gasteiger partial charge < -0.3 is 26.0 Å². The van der Waals surface area contributed by atoms with Crippen LogP contribution in [0, 0.1) is 5.92 Å². The maximum atomic E-state index is 13.5. The highest BCUT2D eigenvalue weighted by molar-refractivity contribution is 6.39. The Labute approximate surface area is 200 Å². The van der Waals surface area contributed by atoms with Gasteiger partial charge in [0, 0.05) is 13.2 Å². The van der Waals surface area contributed by atoms with Gasteiger partial charge in [0.15, 0.2) is 0 Å². The molecule has 2 aliphatic heterocycles. The largest absolute Gasteiger partial charge is 0.368 e. The number of carbonyl (C=O) groups is 5. The van der Waals surface area contributed by atoms with Crippen LogP contribution in [0.15, 0.2) is 0 Å². The first kappa shape index (κ1) is 26.1. The van der Waals surface area contributed by atoms with Crippen LogP contribution in [0.25, 0.3) is 0 Å². The summed E-state index contributed by atoms with van der Waals surface area (Å²) in [6, 6.07) is -1.84. The minimum absolute atomic E-state index is 0.304. The zero-order valence-electron chi connectivity index (χ0n) is 20.2. The van der Waals surface area contributed by atoms with Crippen molar-refractivity contribution in [3.8, 4) is 0 Å². The van der Waals surface area contributed by atoms with Gasteiger partial charge in [0.05, 0.1) is 6.04 Å². The fraction of sp³-hybridized carbons (Fsp3) is 0.792. The molecule has 10 heteroatoms. The van der Waals surface area contributed by atoms with Gasteiger partial charge in [0.25, 0.3) is 5.91 Å². The van der Waals surface area contributed by atoms with E-state index in [1.54, 1.807) is 13.8 Å². The summed E-state index contributed by atoms with van der Waals surface area (Å²) in [5.41, 5.74) is -1.13. The molecule has 0 bridgehead atoms. The third-order valence-corrected chi connectivity index (χ3v) is 7.03. The lowest BCUT2D eigenvalue weighted by Gasteiger charge is -2.38. The normalized spacial score (nSPS) is 25.6. The first-order valence-electron chi connectivity index (χ1n) is 12.6. The Bertz CT molecular complexity index is 786. The molecule has 0 radical (unpaired) electrons. The van der Waals surface area contributed by atoms with Crippen molar-refractivity contribution in [2.75, 3.05) is 13.2 Å². The first-order chi connectivity index (χ1) is 16.2. The monoisotopic (exact) mass is 478 g/mol. The summed E-state index contributed by atoms with van der Waals surface area (Å²) >= 11 is 0. The summed E-state index contributed by atoms with van der Waals surface area (Å²) in [4.78, 5) is 64.2. The molecule has 2 saturated heterocycles. The Balaban J connectivity index is 1.69. The van der Waals surface area contributed by atoms with Gasteiger partial charge in [0.2, 0.25) is 23.5 Å². The Morgan fingerprint density at radius 3 is 2.38 bits per heavy atom. The summed E-state index contributed by atoms with van der Waals surface area (Å²) in [5.74, 6) is -3.11. The summed E-state index contributed by atoms with van der Waals surface area (Å²) in [6.45, 7) is 4.55. The molecule has 190 valence electrons. The molecule has 0 aromatic heterocycles. The van der Waals surface area contributed by atoms with Gasteiger partial charge in [-0.05, 0) is 50.9 Å². The van der Waals surface area contributed by atoms with E-state index in [-0.39, 0.29) is 17.7 Å². The second-order valence-corrected chi connectivity index (χ2v) is 10.0. The molecule has 3 atom stereocenters. The van der Waals surface area contributed by atoms with Crippen LogP contribution >= 0.6 is 0 Å². The molecular formula is C24H38N4O6. The predicted octanol–water partition coefficient (Wildman–Crippen LogP) is 0.479. The van der Waals surface area contributed by atoms with Gasteiger partial charge in [-0.15, -0.1) is 0 Å². The fourth-order valence-electron chi connectivity index (χ4n) is 4.93. The van der Waals surface area contributed by atoms with Gasteiger partial charge in [-0.2, -0.15) is 0 Å². The maximum absolute atomic E-state index is 13.5. The van der Waals surface area contributed by atoms with Crippen LogP contribution in [0.5, 0.6) is 0 Å². The predicted molar refractivity (Wildman–Crippen MR) is 123 cm³/mol. The van der Waals surface area contributed by atoms with Crippen molar-refractivity contribution < 1.29 is 28.7 Å². The summed E-state index contributed by atoms with van der Waals surface area (Å²) in [6.07, 6.45) is 6.33. The topological polar surface area (TPSA) is 143 Å². The standard InChI is InChI=1S/C24H38N4O6/c1-15(2)18(19(29)22(32)26-16-9-4-7-13-25-20(16)30)27-23(33)24(11-5-3-6-12-24)28-21(31)17-10-8-14-34-17/h15-18H,3-14H2,1-2H3,(H,25,30)(H,26,32)(H,27,33)(H,28,31)/t16-,17-,18?/m0/s1. The number of amides is 4. The molecule has 1 unspecified atom stereocenters. The van der Waals surface area contributed by atoms with Crippen LogP contribution < -0.4 is 21.3 Å². The van der Waals surface area contributed by atoms with Crippen LogP contribution in [0.2, 0.25) is 0 Å². The summed E-state index contributed by atoms with van der Waals surface area (Å²) in [7, 11) is 0. The van der Waals surface area contributed by atoms with E-state index in [0.717, 1.165) is 38.5 Å². The van der Waals surface area contributed by atoms with Gasteiger partial charge in [-0.3, -0.25) is 24.0 Å². The Morgan fingerprint density at radius 1 is 1.00 bits per heavy atom. The molecule has 4 N–H and O–H groups in total. The van der Waals surface area contributed by atoms with E-state index in [1.165, 1.54) is 0 Å². The lowest BCUT2D eigenvalue weighted by atomic mass is 9.80.